The number of nitrogens with zero attached hydrogens (tertiary/aromatic N) is 3. The lowest BCUT2D eigenvalue weighted by atomic mass is 9.91. The molecule has 3 nitrogen and oxygen atoms in total. The molecule has 0 bridgehead atoms. The normalized spacial score (nSPS) is 11.8. The Balaban J connectivity index is 1.10. The van der Waals surface area contributed by atoms with Crippen LogP contribution in [0.2, 0.25) is 0 Å². The van der Waals surface area contributed by atoms with E-state index in [2.05, 4.69) is 115 Å². The Hall–Kier alpha value is -6.75. The fourth-order valence-corrected chi connectivity index (χ4v) is 9.25. The van der Waals surface area contributed by atoms with Gasteiger partial charge in [0.05, 0.1) is 0 Å². The molecule has 0 atom stereocenters. The number of thiophene rings is 1. The second kappa shape index (κ2) is 11.9. The van der Waals surface area contributed by atoms with Crippen molar-refractivity contribution in [3.8, 4) is 45.3 Å². The van der Waals surface area contributed by atoms with E-state index in [1.807, 2.05) is 72.0 Å². The van der Waals surface area contributed by atoms with E-state index in [0.717, 1.165) is 27.5 Å². The van der Waals surface area contributed by atoms with Crippen molar-refractivity contribution in [2.75, 3.05) is 0 Å². The minimum atomic E-state index is 0.657. The van der Waals surface area contributed by atoms with Gasteiger partial charge in [-0.05, 0) is 67.0 Å². The van der Waals surface area contributed by atoms with Crippen LogP contribution in [0.4, 0.5) is 0 Å². The summed E-state index contributed by atoms with van der Waals surface area (Å²) in [4.78, 5) is 15.0. The molecule has 0 saturated carbocycles. The van der Waals surface area contributed by atoms with Crippen LogP contribution in [0.5, 0.6) is 0 Å². The highest BCUT2D eigenvalue weighted by Gasteiger charge is 2.17. The van der Waals surface area contributed by atoms with E-state index < -0.39 is 0 Å². The van der Waals surface area contributed by atoms with Crippen molar-refractivity contribution in [2.24, 2.45) is 0 Å². The smallest absolute Gasteiger partial charge is 0.164 e. The summed E-state index contributed by atoms with van der Waals surface area (Å²) in [5.74, 6) is 1.97. The monoisotopic (exact) mass is 691 g/mol. The highest BCUT2D eigenvalue weighted by molar-refractivity contribution is 7.26. The Morgan fingerprint density at radius 2 is 0.849 bits per heavy atom. The first-order valence-corrected chi connectivity index (χ1v) is 18.7. The Labute approximate surface area is 309 Å². The van der Waals surface area contributed by atoms with E-state index in [1.54, 1.807) is 0 Å². The zero-order valence-electron chi connectivity index (χ0n) is 28.5. The van der Waals surface area contributed by atoms with Crippen LogP contribution in [0.25, 0.3) is 109 Å². The number of benzene rings is 9. The standard InChI is InChI=1S/C49H29N3S/c1-3-11-32(12-4-1)47-50-48(33-13-5-2-6-14-33)52-49(51-47)42-28-27-36(38-15-7-8-16-39(38)42)34-24-25-37-35(29-34)22-21-30-19-20-31-23-26-41-40-17-9-10-18-43(40)53-46(41)45(31)44(30)37/h1-29H. The quantitative estimate of drug-likeness (QED) is 0.172. The predicted molar refractivity (Wildman–Crippen MR) is 224 cm³/mol. The number of fused-ring (bicyclic) bond motifs is 10. The molecule has 0 unspecified atom stereocenters. The fourth-order valence-electron chi connectivity index (χ4n) is 7.99. The third-order valence-electron chi connectivity index (χ3n) is 10.5. The summed E-state index contributed by atoms with van der Waals surface area (Å²) in [6.45, 7) is 0. The van der Waals surface area contributed by atoms with Crippen LogP contribution in [0.1, 0.15) is 0 Å². The number of hydrogen-bond donors (Lipinski definition) is 0. The van der Waals surface area contributed by atoms with Gasteiger partial charge in [-0.1, -0.05) is 158 Å². The number of aromatic nitrogens is 3. The van der Waals surface area contributed by atoms with Crippen LogP contribution in [0.15, 0.2) is 176 Å². The molecule has 0 aliphatic rings. The van der Waals surface area contributed by atoms with Gasteiger partial charge < -0.3 is 0 Å². The van der Waals surface area contributed by atoms with Gasteiger partial charge in [0.1, 0.15) is 0 Å². The third kappa shape index (κ3) is 4.84. The maximum absolute atomic E-state index is 5.06. The third-order valence-corrected chi connectivity index (χ3v) is 11.7. The molecule has 0 fully saturated rings. The molecular weight excluding hydrogens is 663 g/mol. The van der Waals surface area contributed by atoms with E-state index in [4.69, 9.17) is 15.0 Å². The first kappa shape index (κ1) is 29.9. The van der Waals surface area contributed by atoms with Gasteiger partial charge >= 0.3 is 0 Å². The SMILES string of the molecule is c1ccc(-c2nc(-c3ccccc3)nc(-c3ccc(-c4ccc5c(ccc6ccc7ccc8c9ccccc9sc8c7c65)c4)c4ccccc34)n2)cc1. The minimum Gasteiger partial charge on any atom is -0.208 e. The molecule has 0 radical (unpaired) electrons. The zero-order chi connectivity index (χ0) is 34.9. The molecule has 0 spiro atoms. The average Bonchev–Trinajstić information content (AvgIpc) is 3.62. The first-order chi connectivity index (χ1) is 26.3. The van der Waals surface area contributed by atoms with Crippen LogP contribution in [-0.4, -0.2) is 15.0 Å². The van der Waals surface area contributed by atoms with E-state index in [1.165, 1.54) is 63.6 Å². The van der Waals surface area contributed by atoms with Crippen molar-refractivity contribution in [1.29, 1.82) is 0 Å². The molecule has 2 heterocycles. The van der Waals surface area contributed by atoms with E-state index in [9.17, 15) is 0 Å². The molecule has 2 aromatic heterocycles. The summed E-state index contributed by atoms with van der Waals surface area (Å²) in [5.41, 5.74) is 5.25. The van der Waals surface area contributed by atoms with E-state index in [-0.39, 0.29) is 0 Å². The summed E-state index contributed by atoms with van der Waals surface area (Å²) in [7, 11) is 0. The molecular formula is C49H29N3S. The van der Waals surface area contributed by atoms with Gasteiger partial charge in [-0.2, -0.15) is 0 Å². The highest BCUT2D eigenvalue weighted by Crippen LogP contribution is 2.44. The molecule has 53 heavy (non-hydrogen) atoms. The van der Waals surface area contributed by atoms with Crippen LogP contribution in [0, 0.1) is 0 Å². The van der Waals surface area contributed by atoms with Gasteiger partial charge in [0, 0.05) is 42.2 Å². The van der Waals surface area contributed by atoms with Gasteiger partial charge in [0.2, 0.25) is 0 Å². The molecule has 11 aromatic rings. The van der Waals surface area contributed by atoms with Gasteiger partial charge in [0.25, 0.3) is 0 Å². The van der Waals surface area contributed by atoms with Crippen molar-refractivity contribution in [2.45, 2.75) is 0 Å². The van der Waals surface area contributed by atoms with Crippen molar-refractivity contribution in [3.05, 3.63) is 176 Å². The van der Waals surface area contributed by atoms with E-state index in [0.29, 0.717) is 17.5 Å². The number of hydrogen-bond acceptors (Lipinski definition) is 4. The first-order valence-electron chi connectivity index (χ1n) is 17.9. The molecule has 0 aliphatic heterocycles. The summed E-state index contributed by atoms with van der Waals surface area (Å²) in [6, 6.07) is 62.7. The fraction of sp³-hybridized carbons (Fsp3) is 0. The Morgan fingerprint density at radius 3 is 1.57 bits per heavy atom. The van der Waals surface area contributed by atoms with Crippen LogP contribution >= 0.6 is 11.3 Å². The second-order valence-corrected chi connectivity index (χ2v) is 14.6. The molecule has 4 heteroatoms. The van der Waals surface area contributed by atoms with Gasteiger partial charge in [-0.25, -0.2) is 15.0 Å². The lowest BCUT2D eigenvalue weighted by Gasteiger charge is -2.14. The van der Waals surface area contributed by atoms with Gasteiger partial charge in [0.15, 0.2) is 17.5 Å². The van der Waals surface area contributed by atoms with E-state index >= 15 is 0 Å². The summed E-state index contributed by atoms with van der Waals surface area (Å²) in [6.07, 6.45) is 0. The maximum Gasteiger partial charge on any atom is 0.164 e. The predicted octanol–water partition coefficient (Wildman–Crippen LogP) is 13.5. The lowest BCUT2D eigenvalue weighted by Crippen LogP contribution is -2.00. The molecule has 246 valence electrons. The largest absolute Gasteiger partial charge is 0.208 e. The Bertz CT molecular complexity index is 3160. The molecule has 9 aromatic carbocycles. The maximum atomic E-state index is 5.06. The minimum absolute atomic E-state index is 0.657. The van der Waals surface area contributed by atoms with Crippen molar-refractivity contribution < 1.29 is 0 Å². The zero-order valence-corrected chi connectivity index (χ0v) is 29.3. The van der Waals surface area contributed by atoms with Crippen LogP contribution in [0.3, 0.4) is 0 Å². The number of rotatable bonds is 4. The average molecular weight is 692 g/mol. The summed E-state index contributed by atoms with van der Waals surface area (Å²) < 4.78 is 2.69. The molecule has 11 rings (SSSR count). The Kier molecular flexibility index (Phi) is 6.73. The molecule has 0 aliphatic carbocycles. The molecule has 0 amide bonds. The van der Waals surface area contributed by atoms with Crippen LogP contribution in [-0.2, 0) is 0 Å². The molecule has 0 saturated heterocycles. The van der Waals surface area contributed by atoms with Crippen molar-refractivity contribution >= 4 is 74.6 Å². The lowest BCUT2D eigenvalue weighted by molar-refractivity contribution is 1.08. The van der Waals surface area contributed by atoms with Gasteiger partial charge in [-0.15, -0.1) is 11.3 Å². The van der Waals surface area contributed by atoms with Crippen molar-refractivity contribution in [1.82, 2.24) is 15.0 Å². The summed E-state index contributed by atoms with van der Waals surface area (Å²) >= 11 is 1.90. The van der Waals surface area contributed by atoms with Gasteiger partial charge in [-0.3, -0.25) is 0 Å². The topological polar surface area (TPSA) is 38.7 Å². The second-order valence-electron chi connectivity index (χ2n) is 13.5. The van der Waals surface area contributed by atoms with Crippen molar-refractivity contribution in [3.63, 3.8) is 0 Å². The Morgan fingerprint density at radius 1 is 0.321 bits per heavy atom. The van der Waals surface area contributed by atoms with Crippen LogP contribution < -0.4 is 0 Å². The molecule has 0 N–H and O–H groups in total. The summed E-state index contributed by atoms with van der Waals surface area (Å²) in [5, 5.41) is 12.6. The highest BCUT2D eigenvalue weighted by atomic mass is 32.1.